The fourth-order valence-electron chi connectivity index (χ4n) is 3.31. The van der Waals surface area contributed by atoms with Crippen molar-refractivity contribution in [3.8, 4) is 5.75 Å². The number of benzene rings is 1. The Kier molecular flexibility index (Phi) is 3.98. The number of carbonyl (C=O) groups excluding carboxylic acids is 1. The first-order valence-corrected chi connectivity index (χ1v) is 8.85. The van der Waals surface area contributed by atoms with Gasteiger partial charge in [-0.3, -0.25) is 4.79 Å². The summed E-state index contributed by atoms with van der Waals surface area (Å²) in [4.78, 5) is 19.0. The monoisotopic (exact) mass is 426 g/mol. The molecule has 1 amide bonds. The van der Waals surface area contributed by atoms with Gasteiger partial charge in [-0.15, -0.1) is 13.2 Å². The Bertz CT molecular complexity index is 883. The van der Waals surface area contributed by atoms with Gasteiger partial charge in [-0.1, -0.05) is 12.1 Å². The number of rotatable bonds is 3. The molecule has 1 aliphatic heterocycles. The number of carbonyl (C=O) groups is 1. The highest BCUT2D eigenvalue weighted by molar-refractivity contribution is 9.10. The molecule has 1 aromatic carbocycles. The van der Waals surface area contributed by atoms with Gasteiger partial charge < -0.3 is 9.64 Å². The summed E-state index contributed by atoms with van der Waals surface area (Å²) in [6.45, 7) is 2.19. The minimum atomic E-state index is -4.72. The van der Waals surface area contributed by atoms with Crippen LogP contribution in [0.4, 0.5) is 18.9 Å². The van der Waals surface area contributed by atoms with Gasteiger partial charge in [0.25, 0.3) is 0 Å². The van der Waals surface area contributed by atoms with Gasteiger partial charge in [-0.2, -0.15) is 0 Å². The molecule has 0 bridgehead atoms. The van der Waals surface area contributed by atoms with Gasteiger partial charge in [0.1, 0.15) is 10.4 Å². The lowest BCUT2D eigenvalue weighted by Gasteiger charge is -2.29. The number of aromatic nitrogens is 1. The maximum Gasteiger partial charge on any atom is 0.573 e. The molecule has 2 atom stereocenters. The molecule has 2 unspecified atom stereocenters. The third kappa shape index (κ3) is 3.18. The zero-order valence-electron chi connectivity index (χ0n) is 13.7. The molecule has 2 heterocycles. The van der Waals surface area contributed by atoms with E-state index in [0.29, 0.717) is 0 Å². The molecule has 1 aliphatic carbocycles. The zero-order chi connectivity index (χ0) is 18.6. The van der Waals surface area contributed by atoms with Crippen LogP contribution in [0.5, 0.6) is 5.75 Å². The van der Waals surface area contributed by atoms with E-state index < -0.39 is 6.36 Å². The first-order chi connectivity index (χ1) is 12.2. The van der Waals surface area contributed by atoms with Crippen LogP contribution in [0.15, 0.2) is 34.9 Å². The van der Waals surface area contributed by atoms with Gasteiger partial charge in [0.05, 0.1) is 17.9 Å². The van der Waals surface area contributed by atoms with E-state index in [1.807, 2.05) is 13.0 Å². The number of alkyl halides is 3. The first kappa shape index (κ1) is 17.3. The summed E-state index contributed by atoms with van der Waals surface area (Å²) in [6.07, 6.45) is -3.93. The van der Waals surface area contributed by atoms with Gasteiger partial charge in [0, 0.05) is 11.8 Å². The molecule has 1 saturated carbocycles. The van der Waals surface area contributed by atoms with Crippen molar-refractivity contribution in [3.63, 3.8) is 0 Å². The third-order valence-electron chi connectivity index (χ3n) is 4.67. The van der Waals surface area contributed by atoms with Crippen LogP contribution in [0, 0.1) is 12.8 Å². The minimum Gasteiger partial charge on any atom is -0.406 e. The minimum absolute atomic E-state index is 0.0432. The second-order valence-corrected chi connectivity index (χ2v) is 7.32. The lowest BCUT2D eigenvalue weighted by molar-refractivity contribution is -0.274. The molecule has 0 N–H and O–H groups in total. The largest absolute Gasteiger partial charge is 0.573 e. The van der Waals surface area contributed by atoms with E-state index in [-0.39, 0.29) is 30.0 Å². The van der Waals surface area contributed by atoms with Crippen LogP contribution < -0.4 is 9.64 Å². The number of nitrogens with zero attached hydrogens (tertiary/aromatic N) is 2. The number of aryl methyl sites for hydroxylation is 1. The average Bonchev–Trinajstić information content (AvgIpc) is 3.35. The summed E-state index contributed by atoms with van der Waals surface area (Å²) in [5.41, 5.74) is 3.34. The smallest absolute Gasteiger partial charge is 0.406 e. The van der Waals surface area contributed by atoms with Crippen LogP contribution in [0.25, 0.3) is 0 Å². The fourth-order valence-corrected chi connectivity index (χ4v) is 3.62. The van der Waals surface area contributed by atoms with E-state index in [2.05, 4.69) is 25.7 Å². The Balaban J connectivity index is 1.61. The zero-order valence-corrected chi connectivity index (χ0v) is 15.3. The topological polar surface area (TPSA) is 42.4 Å². The number of halogens is 4. The quantitative estimate of drug-likeness (QED) is 0.667. The van der Waals surface area contributed by atoms with Crippen molar-refractivity contribution in [1.82, 2.24) is 4.98 Å². The Morgan fingerprint density at radius 1 is 1.27 bits per heavy atom. The highest BCUT2D eigenvalue weighted by Gasteiger charge is 2.52. The molecule has 0 spiro atoms. The Labute approximate surface area is 156 Å². The Morgan fingerprint density at radius 2 is 1.96 bits per heavy atom. The third-order valence-corrected chi connectivity index (χ3v) is 5.48. The van der Waals surface area contributed by atoms with E-state index in [0.717, 1.165) is 33.5 Å². The molecule has 26 heavy (non-hydrogen) atoms. The SMILES string of the molecule is Cc1cc2c(nc1Br)C1CC1C(=O)N2Cc1ccc(OC(F)(F)F)cc1. The van der Waals surface area contributed by atoms with E-state index >= 15 is 0 Å². The summed E-state index contributed by atoms with van der Waals surface area (Å²) >= 11 is 3.43. The predicted molar refractivity (Wildman–Crippen MR) is 91.8 cm³/mol. The van der Waals surface area contributed by atoms with Crippen molar-refractivity contribution in [2.45, 2.75) is 32.2 Å². The lowest BCUT2D eigenvalue weighted by Crippen LogP contribution is -2.35. The van der Waals surface area contributed by atoms with Crippen LogP contribution in [-0.2, 0) is 11.3 Å². The summed E-state index contributed by atoms with van der Waals surface area (Å²) in [6, 6.07) is 7.50. The van der Waals surface area contributed by atoms with Gasteiger partial charge in [0.2, 0.25) is 5.91 Å². The molecule has 0 saturated heterocycles. The van der Waals surface area contributed by atoms with Crippen LogP contribution in [0.3, 0.4) is 0 Å². The van der Waals surface area contributed by atoms with E-state index in [9.17, 15) is 18.0 Å². The van der Waals surface area contributed by atoms with Crippen LogP contribution in [0.2, 0.25) is 0 Å². The van der Waals surface area contributed by atoms with Gasteiger partial charge in [-0.05, 0) is 58.6 Å². The van der Waals surface area contributed by atoms with E-state index in [4.69, 9.17) is 0 Å². The molecule has 8 heteroatoms. The normalized spacial score (nSPS) is 21.3. The second-order valence-electron chi connectivity index (χ2n) is 6.57. The molecular formula is C18H14BrF3N2O2. The number of hydrogen-bond acceptors (Lipinski definition) is 3. The second kappa shape index (κ2) is 5.97. The predicted octanol–water partition coefficient (Wildman–Crippen LogP) is 4.70. The average molecular weight is 427 g/mol. The number of hydrogen-bond donors (Lipinski definition) is 0. The highest BCUT2D eigenvalue weighted by atomic mass is 79.9. The van der Waals surface area contributed by atoms with Gasteiger partial charge >= 0.3 is 6.36 Å². The summed E-state index contributed by atoms with van der Waals surface area (Å²) in [7, 11) is 0. The Morgan fingerprint density at radius 3 is 2.62 bits per heavy atom. The van der Waals surface area contributed by atoms with Crippen molar-refractivity contribution >= 4 is 27.5 Å². The van der Waals surface area contributed by atoms with Crippen LogP contribution in [0.1, 0.15) is 29.2 Å². The van der Waals surface area contributed by atoms with E-state index in [1.54, 1.807) is 4.90 Å². The van der Waals surface area contributed by atoms with Gasteiger partial charge in [0.15, 0.2) is 0 Å². The van der Waals surface area contributed by atoms with Gasteiger partial charge in [-0.25, -0.2) is 4.98 Å². The number of fused-ring (bicyclic) bond motifs is 3. The lowest BCUT2D eigenvalue weighted by atomic mass is 10.0. The van der Waals surface area contributed by atoms with Crippen LogP contribution in [-0.4, -0.2) is 17.3 Å². The number of ether oxygens (including phenoxy) is 1. The number of pyridine rings is 1. The molecule has 2 aromatic rings. The molecule has 2 aliphatic rings. The number of amides is 1. The number of anilines is 1. The van der Waals surface area contributed by atoms with Crippen molar-refractivity contribution in [1.29, 1.82) is 0 Å². The molecule has 0 radical (unpaired) electrons. The molecule has 1 aromatic heterocycles. The van der Waals surface area contributed by atoms with Crippen molar-refractivity contribution < 1.29 is 22.7 Å². The molecule has 4 rings (SSSR count). The summed E-state index contributed by atoms with van der Waals surface area (Å²) in [5, 5.41) is 0. The van der Waals surface area contributed by atoms with Crippen molar-refractivity contribution in [2.24, 2.45) is 5.92 Å². The van der Waals surface area contributed by atoms with E-state index in [1.165, 1.54) is 24.3 Å². The van der Waals surface area contributed by atoms with Crippen molar-refractivity contribution in [2.75, 3.05) is 4.90 Å². The standard InChI is InChI=1S/C18H14BrF3N2O2/c1-9-6-14-15(23-16(9)19)12-7-13(12)17(25)24(14)8-10-2-4-11(5-3-10)26-18(20,21)22/h2-6,12-13H,7-8H2,1H3. The van der Waals surface area contributed by atoms with Crippen LogP contribution >= 0.6 is 15.9 Å². The summed E-state index contributed by atoms with van der Waals surface area (Å²) < 4.78 is 41.4. The molecule has 1 fully saturated rings. The first-order valence-electron chi connectivity index (χ1n) is 8.06. The summed E-state index contributed by atoms with van der Waals surface area (Å²) in [5.74, 6) is -0.109. The molecular weight excluding hydrogens is 413 g/mol. The maximum absolute atomic E-state index is 12.7. The van der Waals surface area contributed by atoms with Crippen molar-refractivity contribution in [3.05, 3.63) is 51.8 Å². The molecule has 4 nitrogen and oxygen atoms in total. The molecule has 136 valence electrons. The maximum atomic E-state index is 12.7. The Hall–Kier alpha value is -2.09. The highest BCUT2D eigenvalue weighted by Crippen LogP contribution is 2.55. The fraction of sp³-hybridized carbons (Fsp3) is 0.333.